The van der Waals surface area contributed by atoms with Gasteiger partial charge < -0.3 is 9.84 Å². The number of sulfonamides is 1. The van der Waals surface area contributed by atoms with Crippen molar-refractivity contribution in [3.05, 3.63) is 89.7 Å². The lowest BCUT2D eigenvalue weighted by Crippen LogP contribution is -2.15. The SMILES string of the molecule is O=C(O)c1ccc(S(=O)(=O)Nc2ccc(OCc3ccccc3)cc2)c(F)c1. The predicted octanol–water partition coefficient (Wildman–Crippen LogP) is 3.90. The van der Waals surface area contributed by atoms with Crippen molar-refractivity contribution in [3.8, 4) is 5.75 Å². The summed E-state index contributed by atoms with van der Waals surface area (Å²) in [5.74, 6) is -1.94. The lowest BCUT2D eigenvalue weighted by molar-refractivity contribution is 0.0696. The molecule has 28 heavy (non-hydrogen) atoms. The zero-order valence-electron chi connectivity index (χ0n) is 14.5. The van der Waals surface area contributed by atoms with Crippen molar-refractivity contribution in [1.82, 2.24) is 0 Å². The van der Waals surface area contributed by atoms with E-state index in [-0.39, 0.29) is 11.3 Å². The summed E-state index contributed by atoms with van der Waals surface area (Å²) in [6, 6.07) is 18.3. The molecule has 0 aliphatic rings. The Morgan fingerprint density at radius 2 is 1.68 bits per heavy atom. The van der Waals surface area contributed by atoms with Crippen LogP contribution in [0.1, 0.15) is 15.9 Å². The molecule has 8 heteroatoms. The number of ether oxygens (including phenoxy) is 1. The van der Waals surface area contributed by atoms with Crippen LogP contribution in [-0.2, 0) is 16.6 Å². The van der Waals surface area contributed by atoms with Crippen molar-refractivity contribution < 1.29 is 27.4 Å². The normalized spacial score (nSPS) is 11.0. The monoisotopic (exact) mass is 401 g/mol. The highest BCUT2D eigenvalue weighted by Crippen LogP contribution is 2.22. The summed E-state index contributed by atoms with van der Waals surface area (Å²) in [4.78, 5) is 10.2. The maximum atomic E-state index is 14.0. The van der Waals surface area contributed by atoms with Crippen molar-refractivity contribution in [2.45, 2.75) is 11.5 Å². The van der Waals surface area contributed by atoms with Crippen LogP contribution in [-0.4, -0.2) is 19.5 Å². The first kappa shape index (κ1) is 19.4. The van der Waals surface area contributed by atoms with E-state index in [1.54, 1.807) is 12.1 Å². The summed E-state index contributed by atoms with van der Waals surface area (Å²) in [7, 11) is -4.21. The number of nitrogens with one attached hydrogen (secondary N) is 1. The van der Waals surface area contributed by atoms with E-state index in [2.05, 4.69) is 4.72 Å². The van der Waals surface area contributed by atoms with Gasteiger partial charge in [0.1, 0.15) is 23.1 Å². The summed E-state index contributed by atoms with van der Waals surface area (Å²) in [5.41, 5.74) is 0.873. The third-order valence-electron chi connectivity index (χ3n) is 3.82. The number of benzene rings is 3. The molecule has 3 aromatic rings. The number of rotatable bonds is 7. The lowest BCUT2D eigenvalue weighted by atomic mass is 10.2. The van der Waals surface area contributed by atoms with E-state index in [1.807, 2.05) is 30.3 Å². The topological polar surface area (TPSA) is 92.7 Å². The first-order chi connectivity index (χ1) is 13.3. The fourth-order valence-electron chi connectivity index (χ4n) is 2.42. The molecule has 0 aromatic heterocycles. The number of carboxylic acid groups (broad SMARTS) is 1. The van der Waals surface area contributed by atoms with E-state index in [9.17, 15) is 17.6 Å². The summed E-state index contributed by atoms with van der Waals surface area (Å²) in [5, 5.41) is 8.84. The Morgan fingerprint density at radius 3 is 2.29 bits per heavy atom. The van der Waals surface area contributed by atoms with E-state index >= 15 is 0 Å². The van der Waals surface area contributed by atoms with Crippen LogP contribution in [0.4, 0.5) is 10.1 Å². The maximum Gasteiger partial charge on any atom is 0.335 e. The van der Waals surface area contributed by atoms with Crippen molar-refractivity contribution >= 4 is 21.7 Å². The van der Waals surface area contributed by atoms with Crippen LogP contribution in [0.3, 0.4) is 0 Å². The fourth-order valence-corrected chi connectivity index (χ4v) is 3.54. The quantitative estimate of drug-likeness (QED) is 0.626. The van der Waals surface area contributed by atoms with Crippen LogP contribution in [0, 0.1) is 5.82 Å². The minimum atomic E-state index is -4.21. The first-order valence-electron chi connectivity index (χ1n) is 8.17. The fraction of sp³-hybridized carbons (Fsp3) is 0.0500. The Morgan fingerprint density at radius 1 is 1.00 bits per heavy atom. The number of carboxylic acids is 1. The second-order valence-corrected chi connectivity index (χ2v) is 7.51. The van der Waals surface area contributed by atoms with Crippen molar-refractivity contribution in [2.75, 3.05) is 4.72 Å². The van der Waals surface area contributed by atoms with Gasteiger partial charge in [-0.05, 0) is 48.0 Å². The van der Waals surface area contributed by atoms with E-state index in [0.717, 1.165) is 17.7 Å². The predicted molar refractivity (Wildman–Crippen MR) is 101 cm³/mol. The number of anilines is 1. The minimum absolute atomic E-state index is 0.216. The molecule has 0 aliphatic heterocycles. The molecule has 0 amide bonds. The Hall–Kier alpha value is -3.39. The molecule has 144 valence electrons. The third kappa shape index (κ3) is 4.66. The summed E-state index contributed by atoms with van der Waals surface area (Å²) < 4.78 is 46.6. The van der Waals surface area contributed by atoms with Gasteiger partial charge in [0.25, 0.3) is 10.0 Å². The summed E-state index contributed by atoms with van der Waals surface area (Å²) >= 11 is 0. The Bertz CT molecular complexity index is 1080. The van der Waals surface area contributed by atoms with E-state index < -0.39 is 26.7 Å². The highest BCUT2D eigenvalue weighted by Gasteiger charge is 2.20. The molecule has 0 saturated heterocycles. The lowest BCUT2D eigenvalue weighted by Gasteiger charge is -2.11. The van der Waals surface area contributed by atoms with E-state index in [4.69, 9.17) is 9.84 Å². The first-order valence-corrected chi connectivity index (χ1v) is 9.66. The Kier molecular flexibility index (Phi) is 5.60. The maximum absolute atomic E-state index is 14.0. The van der Waals surface area contributed by atoms with E-state index in [0.29, 0.717) is 18.4 Å². The average molecular weight is 401 g/mol. The average Bonchev–Trinajstić information content (AvgIpc) is 2.67. The van der Waals surface area contributed by atoms with Gasteiger partial charge in [-0.15, -0.1) is 0 Å². The number of hydrogen-bond acceptors (Lipinski definition) is 4. The molecule has 6 nitrogen and oxygen atoms in total. The zero-order valence-corrected chi connectivity index (χ0v) is 15.3. The number of hydrogen-bond donors (Lipinski definition) is 2. The van der Waals surface area contributed by atoms with Gasteiger partial charge in [-0.3, -0.25) is 4.72 Å². The Balaban J connectivity index is 1.70. The molecule has 0 heterocycles. The minimum Gasteiger partial charge on any atom is -0.489 e. The van der Waals surface area contributed by atoms with Gasteiger partial charge in [-0.25, -0.2) is 17.6 Å². The van der Waals surface area contributed by atoms with Gasteiger partial charge >= 0.3 is 5.97 Å². The largest absolute Gasteiger partial charge is 0.489 e. The van der Waals surface area contributed by atoms with Crippen LogP contribution in [0.25, 0.3) is 0 Å². The van der Waals surface area contributed by atoms with Gasteiger partial charge in [0.2, 0.25) is 0 Å². The van der Waals surface area contributed by atoms with Gasteiger partial charge in [0.05, 0.1) is 5.56 Å². The van der Waals surface area contributed by atoms with Gasteiger partial charge in [-0.2, -0.15) is 0 Å². The smallest absolute Gasteiger partial charge is 0.335 e. The highest BCUT2D eigenvalue weighted by atomic mass is 32.2. The molecule has 0 atom stereocenters. The molecule has 0 fully saturated rings. The van der Waals surface area contributed by atoms with Crippen molar-refractivity contribution in [3.63, 3.8) is 0 Å². The number of halogens is 1. The van der Waals surface area contributed by atoms with Gasteiger partial charge in [0.15, 0.2) is 0 Å². The van der Waals surface area contributed by atoms with Gasteiger partial charge in [0, 0.05) is 5.69 Å². The number of aromatic carboxylic acids is 1. The molecule has 0 unspecified atom stereocenters. The zero-order chi connectivity index (χ0) is 20.1. The Labute approximate surface area is 161 Å². The van der Waals surface area contributed by atoms with E-state index in [1.165, 1.54) is 12.1 Å². The molecule has 3 rings (SSSR count). The second-order valence-electron chi connectivity index (χ2n) is 5.85. The standard InChI is InChI=1S/C20H16FNO5S/c21-18-12-15(20(23)24)6-11-19(18)28(25,26)22-16-7-9-17(10-8-16)27-13-14-4-2-1-3-5-14/h1-12,22H,13H2,(H,23,24). The molecular weight excluding hydrogens is 385 g/mol. The van der Waals surface area contributed by atoms with Crippen LogP contribution in [0.5, 0.6) is 5.75 Å². The van der Waals surface area contributed by atoms with Crippen LogP contribution in [0.2, 0.25) is 0 Å². The third-order valence-corrected chi connectivity index (χ3v) is 5.24. The molecule has 0 radical (unpaired) electrons. The second kappa shape index (κ2) is 8.10. The van der Waals surface area contributed by atoms with Crippen LogP contribution >= 0.6 is 0 Å². The van der Waals surface area contributed by atoms with Crippen molar-refractivity contribution in [1.29, 1.82) is 0 Å². The summed E-state index contributed by atoms with van der Waals surface area (Å²) in [6.45, 7) is 0.368. The molecular formula is C20H16FNO5S. The summed E-state index contributed by atoms with van der Waals surface area (Å²) in [6.07, 6.45) is 0. The molecule has 3 aromatic carbocycles. The van der Waals surface area contributed by atoms with Crippen LogP contribution in [0.15, 0.2) is 77.7 Å². The number of carbonyl (C=O) groups is 1. The molecule has 2 N–H and O–H groups in total. The molecule has 0 aliphatic carbocycles. The highest BCUT2D eigenvalue weighted by molar-refractivity contribution is 7.92. The molecule has 0 saturated carbocycles. The van der Waals surface area contributed by atoms with Crippen LogP contribution < -0.4 is 9.46 Å². The molecule has 0 bridgehead atoms. The van der Waals surface area contributed by atoms with Crippen molar-refractivity contribution in [2.24, 2.45) is 0 Å². The molecule has 0 spiro atoms. The van der Waals surface area contributed by atoms with Gasteiger partial charge in [-0.1, -0.05) is 30.3 Å².